The molecule has 1 aliphatic carbocycles. The van der Waals surface area contributed by atoms with Gasteiger partial charge in [-0.3, -0.25) is 9.59 Å². The maximum Gasteiger partial charge on any atom is 0.262 e. The number of aliphatic hydroxyl groups excluding tert-OH is 1. The molecule has 2 unspecified atom stereocenters. The molecular formula is C62H76F2N12O7S. The molecule has 5 N–H and O–H groups in total. The van der Waals surface area contributed by atoms with Gasteiger partial charge in [-0.2, -0.15) is 0 Å². The Balaban J connectivity index is 0.572. The molecule has 1 saturated carbocycles. The van der Waals surface area contributed by atoms with Crippen LogP contribution < -0.4 is 30.5 Å². The van der Waals surface area contributed by atoms with Gasteiger partial charge in [-0.05, 0) is 98.6 Å². The molecule has 6 aromatic rings. The maximum absolute atomic E-state index is 14.6. The van der Waals surface area contributed by atoms with Crippen LogP contribution in [0.5, 0.6) is 11.6 Å². The number of hydrogen-bond donors (Lipinski definition) is 4. The summed E-state index contributed by atoms with van der Waals surface area (Å²) in [5.41, 5.74) is 13.2. The van der Waals surface area contributed by atoms with Crippen molar-refractivity contribution in [3.63, 3.8) is 0 Å². The zero-order chi connectivity index (χ0) is 58.2. The highest BCUT2D eigenvalue weighted by Crippen LogP contribution is 2.41. The van der Waals surface area contributed by atoms with E-state index in [0.29, 0.717) is 46.4 Å². The number of anilines is 4. The number of pyridine rings is 1. The number of aromatic nitrogens is 5. The zero-order valence-corrected chi connectivity index (χ0v) is 48.7. The Morgan fingerprint density at radius 1 is 0.857 bits per heavy atom. The Bertz CT molecular complexity index is 3240. The van der Waals surface area contributed by atoms with E-state index in [0.717, 1.165) is 131 Å². The molecule has 6 atom stereocenters. The highest BCUT2D eigenvalue weighted by atomic mass is 32.1. The second-order valence-electron chi connectivity index (χ2n) is 24.3. The van der Waals surface area contributed by atoms with E-state index in [1.54, 1.807) is 41.9 Å². The number of aryl methyl sites for hydroxylation is 1. The van der Waals surface area contributed by atoms with Crippen molar-refractivity contribution < 1.29 is 42.6 Å². The van der Waals surface area contributed by atoms with Crippen molar-refractivity contribution in [2.45, 2.75) is 133 Å². The van der Waals surface area contributed by atoms with E-state index in [-0.39, 0.29) is 54.6 Å². The number of carbonyl (C=O) groups is 2. The van der Waals surface area contributed by atoms with Crippen LogP contribution in [0.4, 0.5) is 31.8 Å². The quantitative estimate of drug-likeness (QED) is 0.0633. The minimum absolute atomic E-state index is 0.0640. The molecule has 6 fully saturated rings. The summed E-state index contributed by atoms with van der Waals surface area (Å²) in [4.78, 5) is 48.9. The summed E-state index contributed by atoms with van der Waals surface area (Å²) in [5.74, 6) is 1.06. The van der Waals surface area contributed by atoms with Gasteiger partial charge in [-0.1, -0.05) is 55.4 Å². The number of alkyl halides is 2. The summed E-state index contributed by atoms with van der Waals surface area (Å²) >= 11 is 1.46. The van der Waals surface area contributed by atoms with E-state index in [2.05, 4.69) is 62.4 Å². The number of aromatic hydroxyl groups is 1. The number of β-amino-alcohol motifs (C(OH)–C–C–N with tert-alkyl or cyclic N) is 1. The first-order valence-corrected chi connectivity index (χ1v) is 30.8. The van der Waals surface area contributed by atoms with Crippen LogP contribution in [0.25, 0.3) is 21.7 Å². The van der Waals surface area contributed by atoms with Crippen LogP contribution in [0, 0.1) is 24.7 Å². The van der Waals surface area contributed by atoms with Crippen LogP contribution in [0.15, 0.2) is 89.0 Å². The molecule has 12 rings (SSSR count). The van der Waals surface area contributed by atoms with Gasteiger partial charge in [0, 0.05) is 114 Å². The molecule has 5 saturated heterocycles. The molecule has 22 heteroatoms. The summed E-state index contributed by atoms with van der Waals surface area (Å²) in [7, 11) is 0. The number of halogens is 2. The average molecular weight is 1170 g/mol. The first-order valence-electron chi connectivity index (χ1n) is 29.9. The summed E-state index contributed by atoms with van der Waals surface area (Å²) in [6.07, 6.45) is 6.14. The van der Waals surface area contributed by atoms with E-state index >= 15 is 0 Å². The molecule has 19 nitrogen and oxygen atoms in total. The van der Waals surface area contributed by atoms with Crippen LogP contribution in [-0.4, -0.2) is 159 Å². The van der Waals surface area contributed by atoms with Gasteiger partial charge < -0.3 is 59.8 Å². The van der Waals surface area contributed by atoms with Crippen LogP contribution >= 0.6 is 11.3 Å². The smallest absolute Gasteiger partial charge is 0.262 e. The molecule has 0 spiro atoms. The van der Waals surface area contributed by atoms with Crippen LogP contribution in [0.1, 0.15) is 101 Å². The minimum atomic E-state index is -2.92. The van der Waals surface area contributed by atoms with Gasteiger partial charge in [0.1, 0.15) is 29.9 Å². The molecule has 2 aromatic carbocycles. The Morgan fingerprint density at radius 2 is 1.63 bits per heavy atom. The second kappa shape index (κ2) is 24.9. The number of para-hydroxylation sites is 1. The minimum Gasteiger partial charge on any atom is -0.507 e. The lowest BCUT2D eigenvalue weighted by atomic mass is 9.91. The molecule has 9 heterocycles. The number of nitrogens with one attached hydrogen (secondary N) is 1. The largest absolute Gasteiger partial charge is 0.507 e. The number of carbonyl (C=O) groups excluding carboxylic acids is 2. The van der Waals surface area contributed by atoms with E-state index < -0.39 is 42.3 Å². The number of phenols is 1. The molecule has 4 aromatic heterocycles. The molecule has 2 amide bonds. The third-order valence-corrected chi connectivity index (χ3v) is 19.2. The third-order valence-electron chi connectivity index (χ3n) is 18.3. The van der Waals surface area contributed by atoms with Crippen LogP contribution in [0.2, 0.25) is 0 Å². The lowest BCUT2D eigenvalue weighted by molar-refractivity contribution is -0.141. The number of aliphatic hydroxyl groups is 1. The maximum atomic E-state index is 14.6. The van der Waals surface area contributed by atoms with E-state index in [1.807, 2.05) is 51.2 Å². The van der Waals surface area contributed by atoms with Crippen LogP contribution in [0.3, 0.4) is 0 Å². The number of rotatable bonds is 18. The van der Waals surface area contributed by atoms with Crippen molar-refractivity contribution in [1.29, 1.82) is 0 Å². The number of phenolic OH excluding ortho intramolecular Hbond substituents is 1. The fourth-order valence-corrected chi connectivity index (χ4v) is 14.4. The summed E-state index contributed by atoms with van der Waals surface area (Å²) in [6.45, 7) is 12.8. The van der Waals surface area contributed by atoms with Crippen molar-refractivity contribution in [2.75, 3.05) is 79.3 Å². The number of ether oxygens (including phenoxy) is 2. The molecule has 2 bridgehead atoms. The number of nitrogens with two attached hydrogens (primary N) is 1. The lowest BCUT2D eigenvalue weighted by Gasteiger charge is -2.41. The van der Waals surface area contributed by atoms with Crippen molar-refractivity contribution in [2.24, 2.45) is 17.8 Å². The Kier molecular flexibility index (Phi) is 17.0. The number of thiazole rings is 1. The van der Waals surface area contributed by atoms with Crippen molar-refractivity contribution in [3.8, 4) is 33.3 Å². The number of fused-ring (bicyclic) bond motifs is 2. The van der Waals surface area contributed by atoms with Crippen LogP contribution in [-0.2, 0) is 14.3 Å². The zero-order valence-electron chi connectivity index (χ0n) is 47.9. The molecule has 446 valence electrons. The van der Waals surface area contributed by atoms with Gasteiger partial charge >= 0.3 is 0 Å². The number of nitrogens with zero attached hydrogens (tertiary/aromatic N) is 10. The van der Waals surface area contributed by atoms with Gasteiger partial charge in [-0.25, -0.2) is 18.7 Å². The summed E-state index contributed by atoms with van der Waals surface area (Å²) in [6, 6.07) is 19.2. The highest BCUT2D eigenvalue weighted by molar-refractivity contribution is 7.13. The predicted octanol–water partition coefficient (Wildman–Crippen LogP) is 8.48. The molecule has 0 radical (unpaired) electrons. The van der Waals surface area contributed by atoms with Crippen molar-refractivity contribution >= 4 is 46.2 Å². The lowest BCUT2D eigenvalue weighted by Crippen LogP contribution is -2.49. The fourth-order valence-electron chi connectivity index (χ4n) is 13.6. The van der Waals surface area contributed by atoms with Gasteiger partial charge in [0.15, 0.2) is 17.4 Å². The van der Waals surface area contributed by atoms with Crippen molar-refractivity contribution in [3.05, 3.63) is 102 Å². The second-order valence-corrected chi connectivity index (χ2v) is 25.2. The fraction of sp³-hybridized carbons (Fsp3) is 0.532. The van der Waals surface area contributed by atoms with E-state index in [4.69, 9.17) is 19.7 Å². The average Bonchev–Trinajstić information content (AvgIpc) is 2.96. The molecule has 5 aliphatic heterocycles. The Labute approximate surface area is 492 Å². The normalized spacial score (nSPS) is 24.1. The molecular weight excluding hydrogens is 1090 g/mol. The first-order chi connectivity index (χ1) is 40.7. The number of benzene rings is 2. The summed E-state index contributed by atoms with van der Waals surface area (Å²) in [5, 5.41) is 36.8. The first kappa shape index (κ1) is 57.4. The molecule has 84 heavy (non-hydrogen) atoms. The highest BCUT2D eigenvalue weighted by Gasteiger charge is 2.45. The van der Waals surface area contributed by atoms with Gasteiger partial charge in [-0.15, -0.1) is 21.5 Å². The van der Waals surface area contributed by atoms with E-state index in [1.165, 1.54) is 16.2 Å². The Morgan fingerprint density at radius 3 is 2.37 bits per heavy atom. The third kappa shape index (κ3) is 12.5. The number of nitrogen functional groups attached to an aromatic ring is 1. The number of piperidine rings is 2. The van der Waals surface area contributed by atoms with Crippen molar-refractivity contribution in [1.82, 2.24) is 40.4 Å². The van der Waals surface area contributed by atoms with Gasteiger partial charge in [0.2, 0.25) is 17.7 Å². The van der Waals surface area contributed by atoms with Gasteiger partial charge in [0.25, 0.3) is 6.43 Å². The van der Waals surface area contributed by atoms with E-state index in [9.17, 15) is 28.6 Å². The predicted molar refractivity (Wildman–Crippen MR) is 316 cm³/mol. The summed E-state index contributed by atoms with van der Waals surface area (Å²) < 4.78 is 48.1. The standard InChI is InChI=1S/C62H76F2N12O7S/c1-36(2)56(62(80)76-34-44(77)26-51(76)61(79)68-57(59(63)64)40-8-10-41(11-9-40)58-37(3)67-35-84-58)53-30-54(71-83-53)73-21-13-38(14-22-73)31-72-19-16-45(17-20-72)81-46-27-47(28-46)82-55-25-42(12-18-66-55)75-32-39-15-23-74(33-43(75)24-39)50-29-49(69-70-60(50)65)48-6-4-5-7-52(48)78/h4-12,18,25,29-30,35-36,38-39,43-47,51,56-57,59,77-78H,13-17,19-24,26-28,31-34H2,1-3H3,(H2,65,70)(H,68,79)/t39?,43?,44-,46-,47-,51+,56+,57-/m1/s1. The number of amides is 2. The monoisotopic (exact) mass is 1170 g/mol. The number of likely N-dealkylation sites (tertiary alicyclic amines) is 2. The number of hydrogen-bond acceptors (Lipinski definition) is 18. The topological polar surface area (TPSA) is 225 Å². The van der Waals surface area contributed by atoms with Gasteiger partial charge in [0.05, 0.1) is 45.8 Å². The molecule has 6 aliphatic rings. The Hall–Kier alpha value is -7.01. The SMILES string of the molecule is Cc1ncsc1-c1ccc([C@@H](NC(=O)[C@@H]2C[C@@H](O)CN2C(=O)[C@H](c2cc(N3CCC(CN4CCC(O[C@H]5C[C@H](Oc6cc(N7CC8CCN(c9cc(-c%10ccccc%10O)nnc9N)CC7C8)ccn6)C5)CC4)CC3)no2)C(C)C)C(F)F)cc1.